The molecule has 0 saturated carbocycles. The smallest absolute Gasteiger partial charge is 0.181 e. The Morgan fingerprint density at radius 1 is 0.759 bits per heavy atom. The molecule has 1 heterocycles. The van der Waals surface area contributed by atoms with E-state index in [0.29, 0.717) is 5.82 Å². The number of aryl methyl sites for hydroxylation is 1. The summed E-state index contributed by atoms with van der Waals surface area (Å²) < 4.78 is 0. The van der Waals surface area contributed by atoms with E-state index in [2.05, 4.69) is 22.1 Å². The highest BCUT2D eigenvalue weighted by Gasteiger charge is 2.06. The first kappa shape index (κ1) is 23.4. The van der Waals surface area contributed by atoms with Crippen LogP contribution >= 0.6 is 0 Å². The van der Waals surface area contributed by atoms with Gasteiger partial charge in [0.15, 0.2) is 5.82 Å². The van der Waals surface area contributed by atoms with Gasteiger partial charge in [-0.25, -0.2) is 4.98 Å². The number of hydrogen-bond donors (Lipinski definition) is 2. The van der Waals surface area contributed by atoms with Crippen molar-refractivity contribution < 1.29 is 5.11 Å². The number of aromatic nitrogens is 3. The van der Waals surface area contributed by atoms with Crippen LogP contribution in [0, 0.1) is 0 Å². The standard InChI is InChI=1S/C25H41N3O/c1-2-3-4-5-6-7-8-9-10-11-12-13-14-15-16-20-24-26-25(28-27-24)22-18-17-19-23(29)21-22/h17-19,21,29H,2-16,20H2,1H3,(H,26,27,28). The summed E-state index contributed by atoms with van der Waals surface area (Å²) in [5, 5.41) is 16.9. The summed E-state index contributed by atoms with van der Waals surface area (Å²) in [7, 11) is 0. The van der Waals surface area contributed by atoms with Crippen molar-refractivity contribution in [2.75, 3.05) is 0 Å². The maximum atomic E-state index is 9.57. The van der Waals surface area contributed by atoms with Gasteiger partial charge in [0.2, 0.25) is 0 Å². The maximum absolute atomic E-state index is 9.57. The van der Waals surface area contributed by atoms with Crippen molar-refractivity contribution in [3.63, 3.8) is 0 Å². The fourth-order valence-electron chi connectivity index (χ4n) is 3.84. The van der Waals surface area contributed by atoms with Crippen molar-refractivity contribution in [1.82, 2.24) is 15.2 Å². The molecule has 0 aliphatic heterocycles. The van der Waals surface area contributed by atoms with Crippen molar-refractivity contribution in [3.05, 3.63) is 30.1 Å². The van der Waals surface area contributed by atoms with Gasteiger partial charge in [0.05, 0.1) is 0 Å². The van der Waals surface area contributed by atoms with Crippen molar-refractivity contribution >= 4 is 0 Å². The average Bonchev–Trinajstić information content (AvgIpc) is 3.20. The lowest BCUT2D eigenvalue weighted by Gasteiger charge is -2.03. The van der Waals surface area contributed by atoms with E-state index in [1.807, 2.05) is 12.1 Å². The Labute approximate surface area is 177 Å². The van der Waals surface area contributed by atoms with Gasteiger partial charge in [-0.1, -0.05) is 109 Å². The van der Waals surface area contributed by atoms with Gasteiger partial charge in [0.25, 0.3) is 0 Å². The van der Waals surface area contributed by atoms with Gasteiger partial charge in [0.1, 0.15) is 11.6 Å². The predicted octanol–water partition coefficient (Wildman–Crippen LogP) is 7.59. The third kappa shape index (κ3) is 10.5. The number of aromatic amines is 1. The zero-order chi connectivity index (χ0) is 20.6. The van der Waals surface area contributed by atoms with Gasteiger partial charge in [-0.05, 0) is 18.6 Å². The highest BCUT2D eigenvalue weighted by Crippen LogP contribution is 2.20. The number of benzene rings is 1. The molecule has 0 aliphatic rings. The summed E-state index contributed by atoms with van der Waals surface area (Å²) >= 11 is 0. The lowest BCUT2D eigenvalue weighted by Crippen LogP contribution is -1.89. The number of unbranched alkanes of at least 4 members (excludes halogenated alkanes) is 14. The van der Waals surface area contributed by atoms with Crippen molar-refractivity contribution in [3.8, 4) is 17.1 Å². The molecule has 4 nitrogen and oxygen atoms in total. The molecule has 1 aromatic carbocycles. The fourth-order valence-corrected chi connectivity index (χ4v) is 3.84. The summed E-state index contributed by atoms with van der Waals surface area (Å²) in [5.74, 6) is 1.85. The van der Waals surface area contributed by atoms with Crippen molar-refractivity contribution in [2.45, 2.75) is 110 Å². The van der Waals surface area contributed by atoms with Crippen LogP contribution in [0.4, 0.5) is 0 Å². The molecule has 0 aliphatic carbocycles. The van der Waals surface area contributed by atoms with Crippen LogP contribution in [0.1, 0.15) is 109 Å². The second kappa shape index (κ2) is 15.1. The largest absolute Gasteiger partial charge is 0.508 e. The number of rotatable bonds is 17. The van der Waals surface area contributed by atoms with E-state index in [0.717, 1.165) is 24.2 Å². The predicted molar refractivity (Wildman–Crippen MR) is 122 cm³/mol. The van der Waals surface area contributed by atoms with Gasteiger partial charge in [0, 0.05) is 12.0 Å². The Hall–Kier alpha value is -1.84. The normalized spacial score (nSPS) is 11.2. The number of nitrogens with zero attached hydrogens (tertiary/aromatic N) is 2. The van der Waals surface area contributed by atoms with E-state index in [-0.39, 0.29) is 5.75 Å². The minimum atomic E-state index is 0.247. The van der Waals surface area contributed by atoms with E-state index in [4.69, 9.17) is 0 Å². The first-order valence-electron chi connectivity index (χ1n) is 12.0. The number of H-pyrrole nitrogens is 1. The monoisotopic (exact) mass is 399 g/mol. The van der Waals surface area contributed by atoms with E-state index >= 15 is 0 Å². The minimum Gasteiger partial charge on any atom is -0.508 e. The molecule has 2 N–H and O–H groups in total. The molecule has 0 saturated heterocycles. The zero-order valence-corrected chi connectivity index (χ0v) is 18.5. The number of aromatic hydroxyl groups is 1. The third-order valence-corrected chi connectivity index (χ3v) is 5.65. The van der Waals surface area contributed by atoms with Gasteiger partial charge in [-0.3, -0.25) is 5.10 Å². The number of phenols is 1. The first-order chi connectivity index (χ1) is 14.3. The SMILES string of the molecule is CCCCCCCCCCCCCCCCCc1nc(-c2cccc(O)c2)n[nH]1. The number of hydrogen-bond acceptors (Lipinski definition) is 3. The molecule has 2 aromatic rings. The van der Waals surface area contributed by atoms with Crippen LogP contribution in [0.2, 0.25) is 0 Å². The molecule has 2 rings (SSSR count). The topological polar surface area (TPSA) is 61.8 Å². The maximum Gasteiger partial charge on any atom is 0.181 e. The van der Waals surface area contributed by atoms with E-state index in [9.17, 15) is 5.11 Å². The molecule has 4 heteroatoms. The molecule has 1 aromatic heterocycles. The van der Waals surface area contributed by atoms with Gasteiger partial charge < -0.3 is 5.11 Å². The van der Waals surface area contributed by atoms with Crippen LogP contribution in [0.5, 0.6) is 5.75 Å². The summed E-state index contributed by atoms with van der Waals surface area (Å²) in [6, 6.07) is 7.09. The Morgan fingerprint density at radius 3 is 1.86 bits per heavy atom. The minimum absolute atomic E-state index is 0.247. The molecule has 0 radical (unpaired) electrons. The third-order valence-electron chi connectivity index (χ3n) is 5.65. The second-order valence-electron chi connectivity index (χ2n) is 8.36. The molecule has 0 amide bonds. The van der Waals surface area contributed by atoms with E-state index in [1.54, 1.807) is 12.1 Å². The van der Waals surface area contributed by atoms with Crippen LogP contribution in [-0.4, -0.2) is 20.3 Å². The van der Waals surface area contributed by atoms with Gasteiger partial charge in [-0.2, -0.15) is 5.10 Å². The molecule has 162 valence electrons. The highest BCUT2D eigenvalue weighted by atomic mass is 16.3. The highest BCUT2D eigenvalue weighted by molar-refractivity contribution is 5.56. The number of phenolic OH excluding ortho intramolecular Hbond substituents is 1. The van der Waals surface area contributed by atoms with Crippen molar-refractivity contribution in [1.29, 1.82) is 0 Å². The van der Waals surface area contributed by atoms with Crippen LogP contribution < -0.4 is 0 Å². The second-order valence-corrected chi connectivity index (χ2v) is 8.36. The summed E-state index contributed by atoms with van der Waals surface area (Å²) in [4.78, 5) is 4.55. The molecule has 0 fully saturated rings. The van der Waals surface area contributed by atoms with Gasteiger partial charge >= 0.3 is 0 Å². The molecule has 0 unspecified atom stereocenters. The van der Waals surface area contributed by atoms with Crippen LogP contribution in [0.15, 0.2) is 24.3 Å². The quantitative estimate of drug-likeness (QED) is 0.269. The lowest BCUT2D eigenvalue weighted by atomic mass is 10.0. The molecular formula is C25H41N3O. The number of nitrogens with one attached hydrogen (secondary N) is 1. The Morgan fingerprint density at radius 2 is 1.31 bits per heavy atom. The zero-order valence-electron chi connectivity index (χ0n) is 18.5. The van der Waals surface area contributed by atoms with E-state index < -0.39 is 0 Å². The summed E-state index contributed by atoms with van der Waals surface area (Å²) in [6.45, 7) is 2.28. The average molecular weight is 400 g/mol. The van der Waals surface area contributed by atoms with Gasteiger partial charge in [-0.15, -0.1) is 0 Å². The summed E-state index contributed by atoms with van der Waals surface area (Å²) in [5.41, 5.74) is 0.851. The van der Waals surface area contributed by atoms with Crippen LogP contribution in [-0.2, 0) is 6.42 Å². The van der Waals surface area contributed by atoms with Crippen LogP contribution in [0.25, 0.3) is 11.4 Å². The molecule has 0 bridgehead atoms. The summed E-state index contributed by atoms with van der Waals surface area (Å²) in [6.07, 6.45) is 21.7. The molecule has 0 atom stereocenters. The molecule has 29 heavy (non-hydrogen) atoms. The lowest BCUT2D eigenvalue weighted by molar-refractivity contribution is 0.475. The Kier molecular flexibility index (Phi) is 12.2. The van der Waals surface area contributed by atoms with Crippen LogP contribution in [0.3, 0.4) is 0 Å². The first-order valence-corrected chi connectivity index (χ1v) is 12.0. The molecular weight excluding hydrogens is 358 g/mol. The van der Waals surface area contributed by atoms with Crippen molar-refractivity contribution in [2.24, 2.45) is 0 Å². The Bertz CT molecular complexity index is 653. The fraction of sp³-hybridized carbons (Fsp3) is 0.680. The van der Waals surface area contributed by atoms with E-state index in [1.165, 1.54) is 89.9 Å². The Balaban J connectivity index is 1.40. The molecule has 0 spiro atoms.